The van der Waals surface area contributed by atoms with Crippen LogP contribution in [0.25, 0.3) is 0 Å². The number of benzene rings is 1. The van der Waals surface area contributed by atoms with Gasteiger partial charge in [-0.25, -0.2) is 4.79 Å². The molecule has 0 heterocycles. The minimum atomic E-state index is -0.364. The summed E-state index contributed by atoms with van der Waals surface area (Å²) < 4.78 is 4.59. The summed E-state index contributed by atoms with van der Waals surface area (Å²) in [5.41, 5.74) is 1.85. The van der Waals surface area contributed by atoms with Crippen molar-refractivity contribution in [3.05, 3.63) is 29.8 Å². The lowest BCUT2D eigenvalue weighted by atomic mass is 10.1. The van der Waals surface area contributed by atoms with Crippen LogP contribution in [-0.2, 0) is 16.0 Å². The number of carbonyl (C=O) groups excluding carboxylic acids is 2. The predicted molar refractivity (Wildman–Crippen MR) is 74.0 cm³/mol. The maximum atomic E-state index is 11.7. The van der Waals surface area contributed by atoms with Crippen LogP contribution in [0, 0.1) is 5.92 Å². The molecule has 0 saturated carbocycles. The molecule has 0 aromatic heterocycles. The van der Waals surface area contributed by atoms with E-state index in [1.807, 2.05) is 31.2 Å². The van der Waals surface area contributed by atoms with Gasteiger partial charge in [0.25, 0.3) is 0 Å². The molecule has 5 heteroatoms. The summed E-state index contributed by atoms with van der Waals surface area (Å²) in [5, 5.41) is 5.42. The van der Waals surface area contributed by atoms with Crippen LogP contribution < -0.4 is 10.6 Å². The Hall–Kier alpha value is -2.04. The van der Waals surface area contributed by atoms with E-state index in [1.165, 1.54) is 7.11 Å². The Bertz CT molecular complexity index is 446. The highest BCUT2D eigenvalue weighted by Crippen LogP contribution is 2.14. The first-order valence-corrected chi connectivity index (χ1v) is 6.29. The molecule has 1 aromatic rings. The highest BCUT2D eigenvalue weighted by molar-refractivity contribution is 5.90. The maximum Gasteiger partial charge on any atom is 0.319 e. The van der Waals surface area contributed by atoms with Gasteiger partial charge in [-0.2, -0.15) is 0 Å². The second-order valence-corrected chi connectivity index (χ2v) is 4.27. The van der Waals surface area contributed by atoms with Gasteiger partial charge in [0, 0.05) is 12.2 Å². The predicted octanol–water partition coefficient (Wildman–Crippen LogP) is 2.18. The smallest absolute Gasteiger partial charge is 0.319 e. The molecule has 2 amide bonds. The van der Waals surface area contributed by atoms with E-state index in [9.17, 15) is 9.59 Å². The third kappa shape index (κ3) is 4.62. The summed E-state index contributed by atoms with van der Waals surface area (Å²) in [4.78, 5) is 22.9. The number of hydrogen-bond donors (Lipinski definition) is 2. The van der Waals surface area contributed by atoms with Crippen molar-refractivity contribution in [2.24, 2.45) is 5.92 Å². The number of ether oxygens (including phenoxy) is 1. The van der Waals surface area contributed by atoms with Crippen molar-refractivity contribution >= 4 is 17.7 Å². The number of urea groups is 1. The molecule has 0 spiro atoms. The van der Waals surface area contributed by atoms with Gasteiger partial charge in [-0.15, -0.1) is 0 Å². The van der Waals surface area contributed by atoms with E-state index in [1.54, 1.807) is 6.92 Å². The Morgan fingerprint density at radius 1 is 1.32 bits per heavy atom. The minimum Gasteiger partial charge on any atom is -0.469 e. The zero-order chi connectivity index (χ0) is 14.3. The van der Waals surface area contributed by atoms with Crippen LogP contribution in [0.1, 0.15) is 19.4 Å². The van der Waals surface area contributed by atoms with Crippen molar-refractivity contribution in [2.75, 3.05) is 19.0 Å². The summed E-state index contributed by atoms with van der Waals surface area (Å²) in [7, 11) is 1.33. The summed E-state index contributed by atoms with van der Waals surface area (Å²) in [5.74, 6) is -0.702. The molecule has 0 aliphatic rings. The molecule has 5 nitrogen and oxygen atoms in total. The summed E-state index contributed by atoms with van der Waals surface area (Å²) in [6, 6.07) is 7.29. The van der Waals surface area contributed by atoms with Gasteiger partial charge < -0.3 is 15.4 Å². The molecule has 0 saturated heterocycles. The van der Waals surface area contributed by atoms with E-state index >= 15 is 0 Å². The highest BCUT2D eigenvalue weighted by atomic mass is 16.5. The number of carbonyl (C=O) groups is 2. The van der Waals surface area contributed by atoms with E-state index in [2.05, 4.69) is 15.4 Å². The molecule has 1 rings (SSSR count). The molecule has 1 aromatic carbocycles. The van der Waals surface area contributed by atoms with Gasteiger partial charge in [0.15, 0.2) is 0 Å². The highest BCUT2D eigenvalue weighted by Gasteiger charge is 2.14. The van der Waals surface area contributed by atoms with E-state index < -0.39 is 0 Å². The van der Waals surface area contributed by atoms with Crippen molar-refractivity contribution in [1.82, 2.24) is 5.32 Å². The lowest BCUT2D eigenvalue weighted by molar-refractivity contribution is -0.144. The molecule has 2 N–H and O–H groups in total. The quantitative estimate of drug-likeness (QED) is 0.801. The first kappa shape index (κ1) is 15.0. The van der Waals surface area contributed by atoms with Crippen LogP contribution in [-0.4, -0.2) is 25.7 Å². The third-order valence-corrected chi connectivity index (χ3v) is 2.82. The number of para-hydroxylation sites is 1. The maximum absolute atomic E-state index is 11.7. The lowest BCUT2D eigenvalue weighted by Gasteiger charge is -2.13. The topological polar surface area (TPSA) is 67.4 Å². The van der Waals surface area contributed by atoms with Crippen molar-refractivity contribution in [1.29, 1.82) is 0 Å². The molecule has 19 heavy (non-hydrogen) atoms. The van der Waals surface area contributed by atoms with Gasteiger partial charge >= 0.3 is 12.0 Å². The molecule has 104 valence electrons. The monoisotopic (exact) mass is 264 g/mol. The fourth-order valence-electron chi connectivity index (χ4n) is 1.65. The van der Waals surface area contributed by atoms with Crippen LogP contribution in [0.5, 0.6) is 0 Å². The summed E-state index contributed by atoms with van der Waals surface area (Å²) >= 11 is 0. The van der Waals surface area contributed by atoms with Crippen LogP contribution in [0.3, 0.4) is 0 Å². The molecular weight excluding hydrogens is 244 g/mol. The van der Waals surface area contributed by atoms with Crippen molar-refractivity contribution in [2.45, 2.75) is 20.3 Å². The van der Waals surface area contributed by atoms with Gasteiger partial charge in [-0.3, -0.25) is 4.79 Å². The van der Waals surface area contributed by atoms with Crippen LogP contribution in [0.4, 0.5) is 10.5 Å². The van der Waals surface area contributed by atoms with E-state index in [0.29, 0.717) is 0 Å². The second-order valence-electron chi connectivity index (χ2n) is 4.27. The average Bonchev–Trinajstić information content (AvgIpc) is 2.44. The minimum absolute atomic E-state index is 0.243. The normalized spacial score (nSPS) is 11.5. The number of rotatable bonds is 5. The summed E-state index contributed by atoms with van der Waals surface area (Å²) in [6.45, 7) is 3.97. The molecule has 0 radical (unpaired) electrons. The molecule has 0 fully saturated rings. The average molecular weight is 264 g/mol. The first-order valence-electron chi connectivity index (χ1n) is 6.29. The number of amides is 2. The van der Waals surface area contributed by atoms with Gasteiger partial charge in [-0.05, 0) is 18.1 Å². The first-order chi connectivity index (χ1) is 9.08. The van der Waals surface area contributed by atoms with Crippen molar-refractivity contribution < 1.29 is 14.3 Å². The Morgan fingerprint density at radius 2 is 2.00 bits per heavy atom. The fourth-order valence-corrected chi connectivity index (χ4v) is 1.65. The standard InChI is InChI=1S/C14H20N2O3/c1-4-11-7-5-6-8-12(11)16-14(18)15-9-10(2)13(17)19-3/h5-8,10H,4,9H2,1-3H3,(H2,15,16,18)/t10-/m0/s1. The van der Waals surface area contributed by atoms with Gasteiger partial charge in [0.05, 0.1) is 13.0 Å². The van der Waals surface area contributed by atoms with Crippen LogP contribution >= 0.6 is 0 Å². The number of methoxy groups -OCH3 is 1. The Labute approximate surface area is 113 Å². The lowest BCUT2D eigenvalue weighted by Crippen LogP contribution is -2.35. The zero-order valence-electron chi connectivity index (χ0n) is 11.5. The largest absolute Gasteiger partial charge is 0.469 e. The second kappa shape index (κ2) is 7.41. The van der Waals surface area contributed by atoms with Crippen molar-refractivity contribution in [3.8, 4) is 0 Å². The number of nitrogens with one attached hydrogen (secondary N) is 2. The summed E-state index contributed by atoms with van der Waals surface area (Å²) in [6.07, 6.45) is 0.842. The molecule has 1 atom stereocenters. The Kier molecular flexibility index (Phi) is 5.85. The number of aryl methyl sites for hydroxylation is 1. The van der Waals surface area contributed by atoms with Crippen LogP contribution in [0.2, 0.25) is 0 Å². The SMILES string of the molecule is CCc1ccccc1NC(=O)NC[C@H](C)C(=O)OC. The molecule has 0 unspecified atom stereocenters. The van der Waals surface area contributed by atoms with Crippen molar-refractivity contribution in [3.63, 3.8) is 0 Å². The fraction of sp³-hybridized carbons (Fsp3) is 0.429. The van der Waals surface area contributed by atoms with Crippen LogP contribution in [0.15, 0.2) is 24.3 Å². The molecule has 0 bridgehead atoms. The molecular formula is C14H20N2O3. The van der Waals surface area contributed by atoms with Gasteiger partial charge in [-0.1, -0.05) is 32.0 Å². The van der Waals surface area contributed by atoms with E-state index in [4.69, 9.17) is 0 Å². The number of esters is 1. The molecule has 0 aliphatic carbocycles. The van der Waals surface area contributed by atoms with Gasteiger partial charge in [0.1, 0.15) is 0 Å². The zero-order valence-corrected chi connectivity index (χ0v) is 11.5. The Balaban J connectivity index is 2.49. The molecule has 0 aliphatic heterocycles. The van der Waals surface area contributed by atoms with E-state index in [-0.39, 0.29) is 24.5 Å². The number of anilines is 1. The third-order valence-electron chi connectivity index (χ3n) is 2.82. The Morgan fingerprint density at radius 3 is 2.63 bits per heavy atom. The number of hydrogen-bond acceptors (Lipinski definition) is 3. The van der Waals surface area contributed by atoms with E-state index in [0.717, 1.165) is 17.7 Å². The van der Waals surface area contributed by atoms with Gasteiger partial charge in [0.2, 0.25) is 0 Å².